The van der Waals surface area contributed by atoms with Crippen LogP contribution in [0.1, 0.15) is 0 Å². The molecule has 5 aromatic rings. The van der Waals surface area contributed by atoms with Gasteiger partial charge >= 0.3 is 0 Å². The summed E-state index contributed by atoms with van der Waals surface area (Å²) in [7, 11) is 0. The first-order valence-corrected chi connectivity index (χ1v) is 9.32. The average molecular weight is 394 g/mol. The molecule has 7 heteroatoms. The van der Waals surface area contributed by atoms with Crippen LogP contribution in [-0.2, 0) is 0 Å². The molecular weight excluding hydrogens is 379 g/mol. The van der Waals surface area contributed by atoms with E-state index in [1.54, 1.807) is 23.0 Å². The summed E-state index contributed by atoms with van der Waals surface area (Å²) < 4.78 is 14.9. The predicted molar refractivity (Wildman–Crippen MR) is 111 cm³/mol. The van der Waals surface area contributed by atoms with E-state index in [1.165, 1.54) is 12.1 Å². The van der Waals surface area contributed by atoms with Gasteiger partial charge in [-0.25, -0.2) is 14.4 Å². The van der Waals surface area contributed by atoms with Crippen molar-refractivity contribution in [2.45, 2.75) is 0 Å². The molecule has 0 aliphatic heterocycles. The lowest BCUT2D eigenvalue weighted by Crippen LogP contribution is -2.03. The number of rotatable bonds is 4. The molecule has 0 radical (unpaired) electrons. The van der Waals surface area contributed by atoms with E-state index in [0.29, 0.717) is 28.6 Å². The van der Waals surface area contributed by atoms with Crippen LogP contribution in [0.3, 0.4) is 0 Å². The zero-order valence-corrected chi connectivity index (χ0v) is 15.7. The van der Waals surface area contributed by atoms with Crippen molar-refractivity contribution in [3.8, 4) is 39.7 Å². The Bertz CT molecular complexity index is 1280. The van der Waals surface area contributed by atoms with E-state index in [2.05, 4.69) is 20.5 Å². The Labute approximate surface area is 171 Å². The fourth-order valence-corrected chi connectivity index (χ4v) is 3.20. The van der Waals surface area contributed by atoms with Crippen molar-refractivity contribution < 1.29 is 4.39 Å². The van der Waals surface area contributed by atoms with Gasteiger partial charge in [0.15, 0.2) is 11.6 Å². The molecule has 2 aromatic heterocycles. The molecule has 0 fully saturated rings. The van der Waals surface area contributed by atoms with Gasteiger partial charge in [-0.05, 0) is 34.7 Å². The summed E-state index contributed by atoms with van der Waals surface area (Å²) >= 11 is 0. The minimum atomic E-state index is -0.325. The highest BCUT2D eigenvalue weighted by atomic mass is 19.1. The van der Waals surface area contributed by atoms with Crippen LogP contribution >= 0.6 is 0 Å². The first kappa shape index (κ1) is 17.8. The normalized spacial score (nSPS) is 10.8. The van der Waals surface area contributed by atoms with Crippen molar-refractivity contribution in [3.05, 3.63) is 96.9 Å². The van der Waals surface area contributed by atoms with Gasteiger partial charge in [0.25, 0.3) is 0 Å². The van der Waals surface area contributed by atoms with Crippen LogP contribution in [0.5, 0.6) is 0 Å². The molecule has 0 aliphatic rings. The second-order valence-corrected chi connectivity index (χ2v) is 6.58. The largest absolute Gasteiger partial charge is 0.236 e. The van der Waals surface area contributed by atoms with E-state index >= 15 is 0 Å². The second kappa shape index (κ2) is 7.63. The van der Waals surface area contributed by atoms with Crippen molar-refractivity contribution >= 4 is 0 Å². The summed E-state index contributed by atoms with van der Waals surface area (Å²) in [5, 5.41) is 12.1. The zero-order chi connectivity index (χ0) is 20.3. The van der Waals surface area contributed by atoms with Gasteiger partial charge in [-0.2, -0.15) is 4.68 Å². The summed E-state index contributed by atoms with van der Waals surface area (Å²) in [4.78, 5) is 9.40. The van der Waals surface area contributed by atoms with E-state index < -0.39 is 0 Å². The molecule has 0 amide bonds. The summed E-state index contributed by atoms with van der Waals surface area (Å²) in [5.74, 6) is 0.757. The van der Waals surface area contributed by atoms with Gasteiger partial charge in [0.05, 0.1) is 16.9 Å². The second-order valence-electron chi connectivity index (χ2n) is 6.58. The van der Waals surface area contributed by atoms with Crippen LogP contribution in [0.15, 0.2) is 91.1 Å². The first-order chi connectivity index (χ1) is 14.8. The number of tetrazole rings is 1. The van der Waals surface area contributed by atoms with Crippen LogP contribution in [0.25, 0.3) is 39.7 Å². The first-order valence-electron chi connectivity index (χ1n) is 9.32. The van der Waals surface area contributed by atoms with Crippen molar-refractivity contribution in [2.75, 3.05) is 0 Å². The third-order valence-electron chi connectivity index (χ3n) is 4.65. The third kappa shape index (κ3) is 3.33. The predicted octanol–water partition coefficient (Wildman–Crippen LogP) is 4.59. The lowest BCUT2D eigenvalue weighted by molar-refractivity contribution is 0.627. The molecule has 0 spiro atoms. The van der Waals surface area contributed by atoms with Crippen molar-refractivity contribution in [1.82, 2.24) is 30.2 Å². The quantitative estimate of drug-likeness (QED) is 0.446. The maximum absolute atomic E-state index is 13.4. The highest BCUT2D eigenvalue weighted by Crippen LogP contribution is 2.31. The molecule has 2 heterocycles. The fraction of sp³-hybridized carbons (Fsp3) is 0. The van der Waals surface area contributed by atoms with E-state index in [0.717, 1.165) is 11.1 Å². The van der Waals surface area contributed by atoms with Crippen LogP contribution < -0.4 is 0 Å². The summed E-state index contributed by atoms with van der Waals surface area (Å²) in [6, 6.07) is 25.6. The van der Waals surface area contributed by atoms with Crippen LogP contribution in [0.4, 0.5) is 4.39 Å². The maximum Gasteiger partial charge on any atom is 0.190 e. The fourth-order valence-electron chi connectivity index (χ4n) is 3.20. The number of hydrogen-bond acceptors (Lipinski definition) is 5. The average Bonchev–Trinajstić information content (AvgIpc) is 3.30. The van der Waals surface area contributed by atoms with Crippen LogP contribution in [0, 0.1) is 5.82 Å². The molecule has 3 aromatic carbocycles. The molecule has 0 unspecified atom stereocenters. The van der Waals surface area contributed by atoms with Crippen molar-refractivity contribution in [3.63, 3.8) is 0 Å². The Morgan fingerprint density at radius 1 is 0.733 bits per heavy atom. The van der Waals surface area contributed by atoms with Crippen LogP contribution in [-0.4, -0.2) is 30.2 Å². The summed E-state index contributed by atoms with van der Waals surface area (Å²) in [6.45, 7) is 0. The maximum atomic E-state index is 13.4. The van der Waals surface area contributed by atoms with Crippen molar-refractivity contribution in [2.24, 2.45) is 0 Å². The highest BCUT2D eigenvalue weighted by molar-refractivity contribution is 5.79. The number of hydrogen-bond donors (Lipinski definition) is 0. The standard InChI is InChI=1S/C23H15FN6/c24-18-11-13-19(14-12-18)30-23(27-28-29-30)20-15-25-22(17-9-5-2-6-10-17)26-21(20)16-7-3-1-4-8-16/h1-15H. The molecule has 5 rings (SSSR count). The Hall–Kier alpha value is -4.26. The lowest BCUT2D eigenvalue weighted by atomic mass is 10.1. The SMILES string of the molecule is Fc1ccc(-n2nnnc2-c2cnc(-c3ccccc3)nc2-c2ccccc2)cc1. The summed E-state index contributed by atoms with van der Waals surface area (Å²) in [5.41, 5.74) is 3.86. The molecule has 0 saturated heterocycles. The monoisotopic (exact) mass is 394 g/mol. The molecule has 0 N–H and O–H groups in total. The van der Waals surface area contributed by atoms with Gasteiger partial charge in [-0.3, -0.25) is 0 Å². The number of aromatic nitrogens is 6. The third-order valence-corrected chi connectivity index (χ3v) is 4.65. The van der Waals surface area contributed by atoms with Crippen molar-refractivity contribution in [1.29, 1.82) is 0 Å². The Morgan fingerprint density at radius 2 is 1.40 bits per heavy atom. The topological polar surface area (TPSA) is 69.4 Å². The molecule has 0 saturated carbocycles. The van der Waals surface area contributed by atoms with E-state index in [9.17, 15) is 4.39 Å². The Kier molecular flexibility index (Phi) is 4.53. The molecule has 144 valence electrons. The number of nitrogens with zero attached hydrogens (tertiary/aromatic N) is 6. The molecule has 0 aliphatic carbocycles. The molecule has 0 atom stereocenters. The van der Waals surface area contributed by atoms with Gasteiger partial charge in [0, 0.05) is 17.3 Å². The molecule has 6 nitrogen and oxygen atoms in total. The smallest absolute Gasteiger partial charge is 0.190 e. The highest BCUT2D eigenvalue weighted by Gasteiger charge is 2.19. The zero-order valence-electron chi connectivity index (χ0n) is 15.7. The van der Waals surface area contributed by atoms with Crippen LogP contribution in [0.2, 0.25) is 0 Å². The Balaban J connectivity index is 1.70. The molecule has 30 heavy (non-hydrogen) atoms. The Morgan fingerprint density at radius 3 is 2.10 bits per heavy atom. The van der Waals surface area contributed by atoms with Gasteiger partial charge in [0.2, 0.25) is 0 Å². The van der Waals surface area contributed by atoms with Gasteiger partial charge in [0.1, 0.15) is 5.82 Å². The van der Waals surface area contributed by atoms with Gasteiger partial charge in [-0.15, -0.1) is 5.10 Å². The molecule has 0 bridgehead atoms. The van der Waals surface area contributed by atoms with E-state index in [1.807, 2.05) is 60.7 Å². The van der Waals surface area contributed by atoms with Gasteiger partial charge < -0.3 is 0 Å². The van der Waals surface area contributed by atoms with E-state index in [-0.39, 0.29) is 5.82 Å². The van der Waals surface area contributed by atoms with Gasteiger partial charge in [-0.1, -0.05) is 60.7 Å². The molecular formula is C23H15FN6. The minimum Gasteiger partial charge on any atom is -0.236 e. The number of halogens is 1. The lowest BCUT2D eigenvalue weighted by Gasteiger charge is -2.11. The summed E-state index contributed by atoms with van der Waals surface area (Å²) in [6.07, 6.45) is 1.73. The number of benzene rings is 3. The van der Waals surface area contributed by atoms with E-state index in [4.69, 9.17) is 4.98 Å². The minimum absolute atomic E-state index is 0.325.